The molecular formula is C28H36N2O3. The van der Waals surface area contributed by atoms with E-state index in [0.29, 0.717) is 30.9 Å². The van der Waals surface area contributed by atoms with Gasteiger partial charge in [0.15, 0.2) is 0 Å². The Labute approximate surface area is 198 Å². The van der Waals surface area contributed by atoms with Crippen molar-refractivity contribution in [2.24, 2.45) is 0 Å². The summed E-state index contributed by atoms with van der Waals surface area (Å²) in [6.45, 7) is 5.90. The third kappa shape index (κ3) is 6.04. The van der Waals surface area contributed by atoms with Gasteiger partial charge in [0.25, 0.3) is 11.8 Å². The van der Waals surface area contributed by atoms with Crippen LogP contribution in [0.4, 0.5) is 0 Å². The minimum atomic E-state index is -0.194. The molecule has 0 bridgehead atoms. The highest BCUT2D eigenvalue weighted by Gasteiger charge is 2.40. The van der Waals surface area contributed by atoms with Crippen molar-refractivity contribution in [3.05, 3.63) is 71.4 Å². The Hall–Kier alpha value is -3.08. The van der Waals surface area contributed by atoms with Gasteiger partial charge in [-0.2, -0.15) is 0 Å². The molecule has 2 amide bonds. The molecule has 1 aliphatic heterocycles. The molecule has 0 saturated heterocycles. The van der Waals surface area contributed by atoms with Crippen LogP contribution < -0.4 is 4.74 Å². The van der Waals surface area contributed by atoms with Crippen molar-refractivity contribution in [2.75, 3.05) is 20.2 Å². The number of benzene rings is 2. The van der Waals surface area contributed by atoms with Crippen LogP contribution in [0.25, 0.3) is 5.57 Å². The molecule has 0 aliphatic carbocycles. The highest BCUT2D eigenvalue weighted by Crippen LogP contribution is 2.33. The molecule has 3 rings (SSSR count). The van der Waals surface area contributed by atoms with Crippen LogP contribution in [-0.2, 0) is 16.1 Å². The molecule has 0 aromatic heterocycles. The van der Waals surface area contributed by atoms with Gasteiger partial charge in [-0.15, -0.1) is 0 Å². The number of amides is 2. The maximum absolute atomic E-state index is 13.6. The van der Waals surface area contributed by atoms with Gasteiger partial charge in [-0.1, -0.05) is 81.5 Å². The van der Waals surface area contributed by atoms with Crippen LogP contribution >= 0.6 is 0 Å². The van der Waals surface area contributed by atoms with Crippen LogP contribution in [0.5, 0.6) is 5.75 Å². The summed E-state index contributed by atoms with van der Waals surface area (Å²) in [6, 6.07) is 17.5. The van der Waals surface area contributed by atoms with Crippen molar-refractivity contribution >= 4 is 17.4 Å². The maximum atomic E-state index is 13.6. The molecule has 5 nitrogen and oxygen atoms in total. The number of ether oxygens (including phenoxy) is 1. The fourth-order valence-electron chi connectivity index (χ4n) is 4.28. The van der Waals surface area contributed by atoms with Gasteiger partial charge in [-0.25, -0.2) is 0 Å². The zero-order valence-electron chi connectivity index (χ0n) is 20.2. The molecule has 0 N–H and O–H groups in total. The van der Waals surface area contributed by atoms with E-state index in [2.05, 4.69) is 6.92 Å². The molecule has 5 heteroatoms. The Balaban J connectivity index is 1.87. The van der Waals surface area contributed by atoms with E-state index in [9.17, 15) is 9.59 Å². The number of nitrogens with zero attached hydrogens (tertiary/aromatic N) is 2. The Morgan fingerprint density at radius 2 is 1.48 bits per heavy atom. The first-order valence-electron chi connectivity index (χ1n) is 12.1. The van der Waals surface area contributed by atoms with Gasteiger partial charge >= 0.3 is 0 Å². The molecule has 0 spiro atoms. The van der Waals surface area contributed by atoms with E-state index in [0.717, 1.165) is 36.1 Å². The molecule has 2 aromatic carbocycles. The average molecular weight is 449 g/mol. The van der Waals surface area contributed by atoms with Crippen LogP contribution in [0.3, 0.4) is 0 Å². The van der Waals surface area contributed by atoms with E-state index in [4.69, 9.17) is 4.74 Å². The first-order valence-corrected chi connectivity index (χ1v) is 12.1. The van der Waals surface area contributed by atoms with Crippen molar-refractivity contribution in [1.29, 1.82) is 0 Å². The number of imide groups is 1. The lowest BCUT2D eigenvalue weighted by Gasteiger charge is -2.25. The first-order chi connectivity index (χ1) is 16.1. The van der Waals surface area contributed by atoms with E-state index in [1.165, 1.54) is 24.2 Å². The Morgan fingerprint density at radius 1 is 0.818 bits per heavy atom. The summed E-state index contributed by atoms with van der Waals surface area (Å²) in [5, 5.41) is 0. The number of hydrogen-bond donors (Lipinski definition) is 0. The number of rotatable bonds is 13. The molecule has 0 radical (unpaired) electrons. The van der Waals surface area contributed by atoms with Gasteiger partial charge in [-0.3, -0.25) is 14.5 Å². The number of carbonyl (C=O) groups excluding carboxylic acids is 2. The van der Waals surface area contributed by atoms with E-state index in [1.54, 1.807) is 7.11 Å². The summed E-state index contributed by atoms with van der Waals surface area (Å²) >= 11 is 0. The summed E-state index contributed by atoms with van der Waals surface area (Å²) in [5.74, 6) is 0.343. The Bertz CT molecular complexity index is 951. The second-order valence-electron chi connectivity index (χ2n) is 8.48. The van der Waals surface area contributed by atoms with Crippen LogP contribution in [0.15, 0.2) is 60.3 Å². The zero-order chi connectivity index (χ0) is 23.6. The van der Waals surface area contributed by atoms with Crippen LogP contribution in [0.1, 0.15) is 63.5 Å². The van der Waals surface area contributed by atoms with Gasteiger partial charge in [0.05, 0.1) is 12.7 Å². The van der Waals surface area contributed by atoms with Crippen molar-refractivity contribution in [3.63, 3.8) is 0 Å². The largest absolute Gasteiger partial charge is 0.497 e. The summed E-state index contributed by atoms with van der Waals surface area (Å²) < 4.78 is 5.28. The monoisotopic (exact) mass is 448 g/mol. The van der Waals surface area contributed by atoms with Crippen molar-refractivity contribution in [1.82, 2.24) is 9.80 Å². The van der Waals surface area contributed by atoms with Crippen molar-refractivity contribution < 1.29 is 14.3 Å². The number of methoxy groups -OCH3 is 1. The summed E-state index contributed by atoms with van der Waals surface area (Å²) in [7, 11) is 1.62. The maximum Gasteiger partial charge on any atom is 0.277 e. The smallest absolute Gasteiger partial charge is 0.277 e. The number of likely N-dealkylation sites (N-methyl/N-ethyl adjacent to an activating group) is 1. The minimum absolute atomic E-state index is 0.183. The molecule has 176 valence electrons. The summed E-state index contributed by atoms with van der Waals surface area (Å²) in [4.78, 5) is 30.5. The third-order valence-electron chi connectivity index (χ3n) is 6.17. The quantitative estimate of drug-likeness (QED) is 0.293. The topological polar surface area (TPSA) is 49.9 Å². The van der Waals surface area contributed by atoms with Crippen molar-refractivity contribution in [2.45, 2.75) is 58.9 Å². The summed E-state index contributed by atoms with van der Waals surface area (Å²) in [6.07, 6.45) is 6.67. The molecule has 0 unspecified atom stereocenters. The summed E-state index contributed by atoms with van der Waals surface area (Å²) in [5.41, 5.74) is 2.85. The van der Waals surface area contributed by atoms with Gasteiger partial charge in [-0.05, 0) is 36.6 Å². The fraction of sp³-hybridized carbons (Fsp3) is 0.429. The fourth-order valence-corrected chi connectivity index (χ4v) is 4.28. The molecule has 0 saturated carbocycles. The van der Waals surface area contributed by atoms with E-state index in [1.807, 2.05) is 66.4 Å². The third-order valence-corrected chi connectivity index (χ3v) is 6.17. The lowest BCUT2D eigenvalue weighted by Crippen LogP contribution is -2.35. The molecule has 2 aromatic rings. The van der Waals surface area contributed by atoms with Gasteiger partial charge < -0.3 is 9.64 Å². The molecule has 0 fully saturated rings. The van der Waals surface area contributed by atoms with E-state index >= 15 is 0 Å². The molecule has 33 heavy (non-hydrogen) atoms. The average Bonchev–Trinajstić information content (AvgIpc) is 3.10. The highest BCUT2D eigenvalue weighted by molar-refractivity contribution is 6.35. The Kier molecular flexibility index (Phi) is 9.11. The SMILES string of the molecule is CCCCCCCCN1C(=O)C(c2ccc(OC)cc2)=C(N(CC)Cc2ccccc2)C1=O. The lowest BCUT2D eigenvalue weighted by atomic mass is 10.0. The molecule has 0 atom stereocenters. The first kappa shape index (κ1) is 24.6. The standard InChI is InChI=1S/C28H36N2O3/c1-4-6-7-8-9-13-20-30-27(31)25(23-16-18-24(33-3)19-17-23)26(28(30)32)29(5-2)21-22-14-11-10-12-15-22/h10-12,14-19H,4-9,13,20-21H2,1-3H3. The van der Waals surface area contributed by atoms with Crippen molar-refractivity contribution in [3.8, 4) is 5.75 Å². The zero-order valence-corrected chi connectivity index (χ0v) is 20.2. The number of carbonyl (C=O) groups is 2. The molecular weight excluding hydrogens is 412 g/mol. The van der Waals surface area contributed by atoms with Gasteiger partial charge in [0.2, 0.25) is 0 Å². The predicted octanol–water partition coefficient (Wildman–Crippen LogP) is 5.66. The van der Waals surface area contributed by atoms with Crippen LogP contribution in [0, 0.1) is 0 Å². The highest BCUT2D eigenvalue weighted by atomic mass is 16.5. The van der Waals surface area contributed by atoms with E-state index in [-0.39, 0.29) is 11.8 Å². The second-order valence-corrected chi connectivity index (χ2v) is 8.48. The normalized spacial score (nSPS) is 13.7. The van der Waals surface area contributed by atoms with Crippen LogP contribution in [0.2, 0.25) is 0 Å². The molecule has 1 aliphatic rings. The number of unbranched alkanes of at least 4 members (excludes halogenated alkanes) is 5. The molecule has 1 heterocycles. The van der Waals surface area contributed by atoms with E-state index < -0.39 is 0 Å². The second kappa shape index (κ2) is 12.2. The minimum Gasteiger partial charge on any atom is -0.497 e. The van der Waals surface area contributed by atoms with Crippen LogP contribution in [-0.4, -0.2) is 41.8 Å². The number of hydrogen-bond acceptors (Lipinski definition) is 4. The predicted molar refractivity (Wildman–Crippen MR) is 133 cm³/mol. The lowest BCUT2D eigenvalue weighted by molar-refractivity contribution is -0.137. The van der Waals surface area contributed by atoms with Gasteiger partial charge in [0.1, 0.15) is 11.4 Å². The van der Waals surface area contributed by atoms with Gasteiger partial charge in [0, 0.05) is 19.6 Å². The Morgan fingerprint density at radius 3 is 2.12 bits per heavy atom.